The van der Waals surface area contributed by atoms with E-state index in [9.17, 15) is 9.90 Å². The van der Waals surface area contributed by atoms with Crippen molar-refractivity contribution >= 4 is 28.1 Å². The van der Waals surface area contributed by atoms with E-state index in [4.69, 9.17) is 4.74 Å². The first-order valence-corrected chi connectivity index (χ1v) is 10.0. The highest BCUT2D eigenvalue weighted by Gasteiger charge is 2.39. The van der Waals surface area contributed by atoms with Crippen molar-refractivity contribution in [2.75, 3.05) is 6.61 Å². The average molecular weight is 465 g/mol. The topological polar surface area (TPSA) is 70.9 Å². The lowest BCUT2D eigenvalue weighted by Gasteiger charge is -2.27. The quantitative estimate of drug-likeness (QED) is 0.294. The monoisotopic (exact) mass is 464 g/mol. The molecule has 0 aromatic heterocycles. The standard InChI is InChI=1S/C24H21BrN2O3/c1-2-15-30-22-14-13-18(16-21(22)25)17-26-27-23(28)24(29,19-9-5-3-6-10-19)20-11-7-4-8-12-20/h2-14,16-17,29H,1,15H2,(H,27,28)/b26-17+. The fourth-order valence-corrected chi connectivity index (χ4v) is 3.41. The minimum absolute atomic E-state index is 0.402. The highest BCUT2D eigenvalue weighted by Crippen LogP contribution is 2.30. The maximum absolute atomic E-state index is 13.0. The fourth-order valence-electron chi connectivity index (χ4n) is 2.90. The lowest BCUT2D eigenvalue weighted by atomic mass is 9.85. The minimum Gasteiger partial charge on any atom is -0.488 e. The molecular weight excluding hydrogens is 444 g/mol. The Kier molecular flexibility index (Phi) is 7.17. The number of halogens is 1. The molecule has 0 aliphatic carbocycles. The summed E-state index contributed by atoms with van der Waals surface area (Å²) >= 11 is 3.44. The van der Waals surface area contributed by atoms with E-state index in [-0.39, 0.29) is 0 Å². The highest BCUT2D eigenvalue weighted by atomic mass is 79.9. The summed E-state index contributed by atoms with van der Waals surface area (Å²) in [6.07, 6.45) is 3.16. The van der Waals surface area contributed by atoms with E-state index >= 15 is 0 Å². The second kappa shape index (κ2) is 10.0. The number of hydrazone groups is 1. The number of carbonyl (C=O) groups is 1. The third-order valence-electron chi connectivity index (χ3n) is 4.40. The fraction of sp³-hybridized carbons (Fsp3) is 0.0833. The van der Waals surface area contributed by atoms with Gasteiger partial charge >= 0.3 is 0 Å². The molecule has 6 heteroatoms. The summed E-state index contributed by atoms with van der Waals surface area (Å²) in [6, 6.07) is 23.0. The second-order valence-electron chi connectivity index (χ2n) is 6.43. The largest absolute Gasteiger partial charge is 0.488 e. The van der Waals surface area contributed by atoms with Crippen LogP contribution in [-0.4, -0.2) is 23.8 Å². The Morgan fingerprint density at radius 2 is 1.67 bits per heavy atom. The van der Waals surface area contributed by atoms with Crippen LogP contribution in [-0.2, 0) is 10.4 Å². The van der Waals surface area contributed by atoms with Gasteiger partial charge in [-0.2, -0.15) is 5.10 Å². The third-order valence-corrected chi connectivity index (χ3v) is 5.02. The molecule has 5 nitrogen and oxygen atoms in total. The average Bonchev–Trinajstić information content (AvgIpc) is 2.79. The van der Waals surface area contributed by atoms with Crippen molar-refractivity contribution in [2.45, 2.75) is 5.60 Å². The Labute approximate surface area is 183 Å². The van der Waals surface area contributed by atoms with E-state index < -0.39 is 11.5 Å². The Hall–Kier alpha value is -3.22. The van der Waals surface area contributed by atoms with Gasteiger partial charge in [0.1, 0.15) is 12.4 Å². The number of nitrogens with one attached hydrogen (secondary N) is 1. The van der Waals surface area contributed by atoms with Crippen molar-refractivity contribution in [1.82, 2.24) is 5.43 Å². The molecule has 0 spiro atoms. The predicted octanol–water partition coefficient (Wildman–Crippen LogP) is 4.40. The maximum atomic E-state index is 13.0. The number of amides is 1. The summed E-state index contributed by atoms with van der Waals surface area (Å²) in [5.74, 6) is 0.0276. The van der Waals surface area contributed by atoms with Crippen LogP contribution in [0.3, 0.4) is 0 Å². The summed E-state index contributed by atoms with van der Waals surface area (Å²) in [5.41, 5.74) is 2.24. The first-order valence-electron chi connectivity index (χ1n) is 9.26. The van der Waals surface area contributed by atoms with Gasteiger partial charge < -0.3 is 9.84 Å². The molecule has 0 saturated carbocycles. The number of hydrogen-bond acceptors (Lipinski definition) is 4. The lowest BCUT2D eigenvalue weighted by Crippen LogP contribution is -2.43. The molecular formula is C24H21BrN2O3. The van der Waals surface area contributed by atoms with Crippen LogP contribution in [0.4, 0.5) is 0 Å². The first kappa shape index (κ1) is 21.5. The van der Waals surface area contributed by atoms with Gasteiger partial charge in [-0.05, 0) is 50.8 Å². The number of nitrogens with zero attached hydrogens (tertiary/aromatic N) is 1. The minimum atomic E-state index is -1.87. The number of rotatable bonds is 8. The molecule has 3 aromatic carbocycles. The molecule has 3 rings (SSSR count). The Balaban J connectivity index is 1.80. The maximum Gasteiger partial charge on any atom is 0.281 e. The summed E-state index contributed by atoms with van der Waals surface area (Å²) in [7, 11) is 0. The normalized spacial score (nSPS) is 11.3. The molecule has 0 fully saturated rings. The third kappa shape index (κ3) is 4.84. The zero-order valence-corrected chi connectivity index (χ0v) is 17.7. The van der Waals surface area contributed by atoms with Crippen LogP contribution in [0, 0.1) is 0 Å². The van der Waals surface area contributed by atoms with Crippen LogP contribution >= 0.6 is 15.9 Å². The summed E-state index contributed by atoms with van der Waals surface area (Å²) in [4.78, 5) is 13.0. The molecule has 0 heterocycles. The van der Waals surface area contributed by atoms with Gasteiger partial charge in [0.2, 0.25) is 0 Å². The molecule has 152 valence electrons. The van der Waals surface area contributed by atoms with Gasteiger partial charge in [0.05, 0.1) is 10.7 Å². The van der Waals surface area contributed by atoms with Crippen LogP contribution < -0.4 is 10.2 Å². The molecule has 0 radical (unpaired) electrons. The van der Waals surface area contributed by atoms with Crippen LogP contribution in [0.1, 0.15) is 16.7 Å². The number of aliphatic hydroxyl groups is 1. The summed E-state index contributed by atoms with van der Waals surface area (Å²) in [6.45, 7) is 4.02. The number of hydrogen-bond donors (Lipinski definition) is 2. The Morgan fingerprint density at radius 1 is 1.07 bits per heavy atom. The molecule has 0 atom stereocenters. The van der Waals surface area contributed by atoms with E-state index in [1.807, 2.05) is 18.2 Å². The number of ether oxygens (including phenoxy) is 1. The van der Waals surface area contributed by atoms with Crippen molar-refractivity contribution in [3.8, 4) is 5.75 Å². The van der Waals surface area contributed by atoms with Crippen molar-refractivity contribution in [2.24, 2.45) is 5.10 Å². The molecule has 0 saturated heterocycles. The van der Waals surface area contributed by atoms with Gasteiger partial charge in [-0.25, -0.2) is 5.43 Å². The smallest absolute Gasteiger partial charge is 0.281 e. The molecule has 0 unspecified atom stereocenters. The summed E-state index contributed by atoms with van der Waals surface area (Å²) < 4.78 is 6.27. The molecule has 30 heavy (non-hydrogen) atoms. The van der Waals surface area contributed by atoms with Crippen LogP contribution in [0.25, 0.3) is 0 Å². The molecule has 0 aliphatic heterocycles. The van der Waals surface area contributed by atoms with Crippen molar-refractivity contribution in [3.63, 3.8) is 0 Å². The van der Waals surface area contributed by atoms with E-state index in [1.165, 1.54) is 6.21 Å². The van der Waals surface area contributed by atoms with E-state index in [2.05, 4.69) is 33.0 Å². The van der Waals surface area contributed by atoms with Gasteiger partial charge in [-0.15, -0.1) is 0 Å². The van der Waals surface area contributed by atoms with Crippen LogP contribution in [0.2, 0.25) is 0 Å². The van der Waals surface area contributed by atoms with Gasteiger partial charge in [-0.1, -0.05) is 73.3 Å². The van der Waals surface area contributed by atoms with Gasteiger partial charge in [0.25, 0.3) is 5.91 Å². The zero-order chi connectivity index (χ0) is 21.4. The van der Waals surface area contributed by atoms with E-state index in [0.29, 0.717) is 23.5 Å². The van der Waals surface area contributed by atoms with Crippen LogP contribution in [0.5, 0.6) is 5.75 Å². The van der Waals surface area contributed by atoms with Gasteiger partial charge in [-0.3, -0.25) is 4.79 Å². The first-order chi connectivity index (χ1) is 14.6. The van der Waals surface area contributed by atoms with Crippen molar-refractivity contribution < 1.29 is 14.6 Å². The Morgan fingerprint density at radius 3 is 2.20 bits per heavy atom. The predicted molar refractivity (Wildman–Crippen MR) is 121 cm³/mol. The summed E-state index contributed by atoms with van der Waals surface area (Å²) in [5, 5.41) is 15.4. The zero-order valence-electron chi connectivity index (χ0n) is 16.2. The Bertz CT molecular complexity index is 997. The van der Waals surface area contributed by atoms with E-state index in [0.717, 1.165) is 10.0 Å². The number of benzene rings is 3. The highest BCUT2D eigenvalue weighted by molar-refractivity contribution is 9.10. The molecule has 1 amide bonds. The molecule has 0 bridgehead atoms. The molecule has 3 aromatic rings. The van der Waals surface area contributed by atoms with Crippen LogP contribution in [0.15, 0.2) is 101 Å². The SMILES string of the molecule is C=CCOc1ccc(/C=N/NC(=O)C(O)(c2ccccc2)c2ccccc2)cc1Br. The lowest BCUT2D eigenvalue weighted by molar-refractivity contribution is -0.136. The van der Waals surface area contributed by atoms with Gasteiger partial charge in [0.15, 0.2) is 5.60 Å². The second-order valence-corrected chi connectivity index (χ2v) is 7.29. The molecule has 0 aliphatic rings. The number of carbonyl (C=O) groups excluding carboxylic acids is 1. The van der Waals surface area contributed by atoms with Crippen molar-refractivity contribution in [1.29, 1.82) is 0 Å². The molecule has 2 N–H and O–H groups in total. The van der Waals surface area contributed by atoms with E-state index in [1.54, 1.807) is 66.7 Å². The van der Waals surface area contributed by atoms with Crippen molar-refractivity contribution in [3.05, 3.63) is 113 Å². The van der Waals surface area contributed by atoms with Gasteiger partial charge in [0, 0.05) is 0 Å².